The maximum atomic E-state index is 11.7. The Bertz CT molecular complexity index is 215. The summed E-state index contributed by atoms with van der Waals surface area (Å²) in [5.41, 5.74) is 0. The number of hydrogen-bond acceptors (Lipinski definition) is 3. The summed E-state index contributed by atoms with van der Waals surface area (Å²) in [5.74, 6) is 0.208. The zero-order chi connectivity index (χ0) is 14.0. The van der Waals surface area contributed by atoms with Gasteiger partial charge in [0, 0.05) is 19.1 Å². The molecule has 0 aliphatic rings. The van der Waals surface area contributed by atoms with E-state index in [-0.39, 0.29) is 5.91 Å². The van der Waals surface area contributed by atoms with E-state index in [9.17, 15) is 4.79 Å². The van der Waals surface area contributed by atoms with Crippen LogP contribution in [0.4, 0.5) is 0 Å². The van der Waals surface area contributed by atoms with Crippen LogP contribution in [0, 0.1) is 0 Å². The standard InChI is InChI=1S/C14H31N3O/c1-6-17(7-2)14(18)12-15-10-8-9-11-16(5)13(3)4/h13,15H,6-12H2,1-5H3. The molecular weight excluding hydrogens is 226 g/mol. The average Bonchev–Trinajstić information content (AvgIpc) is 2.34. The zero-order valence-electron chi connectivity index (χ0n) is 12.8. The highest BCUT2D eigenvalue weighted by atomic mass is 16.2. The zero-order valence-corrected chi connectivity index (χ0v) is 12.8. The lowest BCUT2D eigenvalue weighted by Crippen LogP contribution is -2.38. The minimum Gasteiger partial charge on any atom is -0.342 e. The van der Waals surface area contributed by atoms with E-state index in [0.29, 0.717) is 12.6 Å². The number of nitrogens with zero attached hydrogens (tertiary/aromatic N) is 2. The van der Waals surface area contributed by atoms with Crippen molar-refractivity contribution in [2.75, 3.05) is 39.8 Å². The number of likely N-dealkylation sites (N-methyl/N-ethyl adjacent to an activating group) is 1. The first-order valence-electron chi connectivity index (χ1n) is 7.21. The molecule has 1 amide bonds. The van der Waals surface area contributed by atoms with Crippen LogP contribution in [0.25, 0.3) is 0 Å². The van der Waals surface area contributed by atoms with Crippen LogP contribution >= 0.6 is 0 Å². The molecule has 18 heavy (non-hydrogen) atoms. The second kappa shape index (κ2) is 10.3. The summed E-state index contributed by atoms with van der Waals surface area (Å²) < 4.78 is 0. The van der Waals surface area contributed by atoms with Gasteiger partial charge in [0.05, 0.1) is 6.54 Å². The summed E-state index contributed by atoms with van der Waals surface area (Å²) in [6.07, 6.45) is 2.31. The summed E-state index contributed by atoms with van der Waals surface area (Å²) in [5, 5.41) is 3.23. The smallest absolute Gasteiger partial charge is 0.236 e. The van der Waals surface area contributed by atoms with Crippen molar-refractivity contribution in [3.05, 3.63) is 0 Å². The highest BCUT2D eigenvalue weighted by Gasteiger charge is 2.08. The Morgan fingerprint density at radius 1 is 1.17 bits per heavy atom. The quantitative estimate of drug-likeness (QED) is 0.603. The highest BCUT2D eigenvalue weighted by molar-refractivity contribution is 5.78. The van der Waals surface area contributed by atoms with E-state index in [1.807, 2.05) is 18.7 Å². The summed E-state index contributed by atoms with van der Waals surface area (Å²) in [7, 11) is 2.15. The molecule has 4 nitrogen and oxygen atoms in total. The van der Waals surface area contributed by atoms with Gasteiger partial charge in [-0.25, -0.2) is 0 Å². The van der Waals surface area contributed by atoms with Gasteiger partial charge in [-0.05, 0) is 60.7 Å². The van der Waals surface area contributed by atoms with Crippen LogP contribution in [0.5, 0.6) is 0 Å². The van der Waals surface area contributed by atoms with Gasteiger partial charge in [-0.15, -0.1) is 0 Å². The molecular formula is C14H31N3O. The first-order chi connectivity index (χ1) is 8.52. The van der Waals surface area contributed by atoms with Crippen molar-refractivity contribution in [1.29, 1.82) is 0 Å². The predicted molar refractivity (Wildman–Crippen MR) is 77.8 cm³/mol. The van der Waals surface area contributed by atoms with Crippen molar-refractivity contribution in [3.63, 3.8) is 0 Å². The fourth-order valence-electron chi connectivity index (χ4n) is 1.75. The molecule has 4 heteroatoms. The van der Waals surface area contributed by atoms with Gasteiger partial charge in [-0.1, -0.05) is 0 Å². The first kappa shape index (κ1) is 17.4. The molecule has 1 N–H and O–H groups in total. The molecule has 0 bridgehead atoms. The predicted octanol–water partition coefficient (Wildman–Crippen LogP) is 1.56. The minimum absolute atomic E-state index is 0.208. The van der Waals surface area contributed by atoms with Crippen LogP contribution in [-0.2, 0) is 4.79 Å². The lowest BCUT2D eigenvalue weighted by Gasteiger charge is -2.21. The lowest BCUT2D eigenvalue weighted by molar-refractivity contribution is -0.129. The molecule has 0 aromatic heterocycles. The van der Waals surface area contributed by atoms with Crippen LogP contribution in [0.3, 0.4) is 0 Å². The second-order valence-corrected chi connectivity index (χ2v) is 5.02. The topological polar surface area (TPSA) is 35.6 Å². The Kier molecular flexibility index (Phi) is 9.98. The second-order valence-electron chi connectivity index (χ2n) is 5.02. The third kappa shape index (κ3) is 7.67. The Hall–Kier alpha value is -0.610. The van der Waals surface area contributed by atoms with Crippen molar-refractivity contribution in [2.24, 2.45) is 0 Å². The maximum Gasteiger partial charge on any atom is 0.236 e. The first-order valence-corrected chi connectivity index (χ1v) is 7.21. The number of amides is 1. The van der Waals surface area contributed by atoms with Crippen molar-refractivity contribution in [3.8, 4) is 0 Å². The maximum absolute atomic E-state index is 11.7. The van der Waals surface area contributed by atoms with Crippen LogP contribution in [-0.4, -0.2) is 61.5 Å². The fourth-order valence-corrected chi connectivity index (χ4v) is 1.75. The van der Waals surface area contributed by atoms with E-state index in [4.69, 9.17) is 0 Å². The molecule has 0 aromatic carbocycles. The molecule has 0 radical (unpaired) electrons. The van der Waals surface area contributed by atoms with Gasteiger partial charge in [-0.2, -0.15) is 0 Å². The van der Waals surface area contributed by atoms with E-state index in [2.05, 4.69) is 31.1 Å². The molecule has 0 aliphatic heterocycles. The van der Waals surface area contributed by atoms with E-state index in [1.54, 1.807) is 0 Å². The van der Waals surface area contributed by atoms with Crippen LogP contribution in [0.15, 0.2) is 0 Å². The minimum atomic E-state index is 0.208. The Morgan fingerprint density at radius 3 is 2.28 bits per heavy atom. The van der Waals surface area contributed by atoms with Crippen LogP contribution in [0.2, 0.25) is 0 Å². The normalized spacial score (nSPS) is 11.3. The van der Waals surface area contributed by atoms with Crippen molar-refractivity contribution < 1.29 is 4.79 Å². The third-order valence-corrected chi connectivity index (χ3v) is 3.39. The van der Waals surface area contributed by atoms with Gasteiger partial charge < -0.3 is 15.1 Å². The van der Waals surface area contributed by atoms with Gasteiger partial charge in [0.15, 0.2) is 0 Å². The van der Waals surface area contributed by atoms with Gasteiger partial charge in [0.2, 0.25) is 5.91 Å². The van der Waals surface area contributed by atoms with Crippen LogP contribution < -0.4 is 5.32 Å². The molecule has 0 spiro atoms. The average molecular weight is 257 g/mol. The highest BCUT2D eigenvalue weighted by Crippen LogP contribution is 1.97. The van der Waals surface area contributed by atoms with Gasteiger partial charge >= 0.3 is 0 Å². The molecule has 0 aromatic rings. The number of unbranched alkanes of at least 4 members (excludes halogenated alkanes) is 1. The Balaban J connectivity index is 3.48. The van der Waals surface area contributed by atoms with E-state index in [0.717, 1.165) is 32.6 Å². The van der Waals surface area contributed by atoms with Crippen molar-refractivity contribution in [1.82, 2.24) is 15.1 Å². The number of hydrogen-bond donors (Lipinski definition) is 1. The summed E-state index contributed by atoms with van der Waals surface area (Å²) in [4.78, 5) is 15.9. The molecule has 0 heterocycles. The largest absolute Gasteiger partial charge is 0.342 e. The monoisotopic (exact) mass is 257 g/mol. The Labute approximate surface area is 113 Å². The molecule has 0 fully saturated rings. The molecule has 0 saturated carbocycles. The van der Waals surface area contributed by atoms with E-state index < -0.39 is 0 Å². The van der Waals surface area contributed by atoms with E-state index in [1.165, 1.54) is 6.42 Å². The third-order valence-electron chi connectivity index (χ3n) is 3.39. The number of carbonyl (C=O) groups is 1. The molecule has 0 saturated heterocycles. The van der Waals surface area contributed by atoms with Crippen LogP contribution in [0.1, 0.15) is 40.5 Å². The molecule has 0 rings (SSSR count). The Morgan fingerprint density at radius 2 is 1.78 bits per heavy atom. The van der Waals surface area contributed by atoms with Crippen molar-refractivity contribution in [2.45, 2.75) is 46.6 Å². The summed E-state index contributed by atoms with van der Waals surface area (Å²) in [6, 6.07) is 0.613. The SMILES string of the molecule is CCN(CC)C(=O)CNCCCCN(C)C(C)C. The summed E-state index contributed by atoms with van der Waals surface area (Å²) >= 11 is 0. The number of nitrogens with one attached hydrogen (secondary N) is 1. The van der Waals surface area contributed by atoms with E-state index >= 15 is 0 Å². The van der Waals surface area contributed by atoms with Gasteiger partial charge in [-0.3, -0.25) is 4.79 Å². The lowest BCUT2D eigenvalue weighted by atomic mass is 10.2. The van der Waals surface area contributed by atoms with Gasteiger partial charge in [0.25, 0.3) is 0 Å². The fraction of sp³-hybridized carbons (Fsp3) is 0.929. The number of carbonyl (C=O) groups excluding carboxylic acids is 1. The van der Waals surface area contributed by atoms with Gasteiger partial charge in [0.1, 0.15) is 0 Å². The summed E-state index contributed by atoms with van der Waals surface area (Å²) in [6.45, 7) is 12.6. The number of rotatable bonds is 10. The molecule has 108 valence electrons. The molecule has 0 atom stereocenters. The van der Waals surface area contributed by atoms with Crippen molar-refractivity contribution >= 4 is 5.91 Å². The molecule has 0 aliphatic carbocycles. The molecule has 0 unspecified atom stereocenters.